The number of nitrogens with one attached hydrogen (secondary N) is 3. The smallest absolute Gasteiger partial charge is 0.315 e. The summed E-state index contributed by atoms with van der Waals surface area (Å²) < 4.78 is 4.89. The van der Waals surface area contributed by atoms with Crippen LogP contribution in [0.2, 0.25) is 0 Å². The molecule has 2 rings (SSSR count). The van der Waals surface area contributed by atoms with Gasteiger partial charge in [0.1, 0.15) is 6.04 Å². The van der Waals surface area contributed by atoms with Gasteiger partial charge in [0.2, 0.25) is 5.91 Å². The molecule has 6 heteroatoms. The van der Waals surface area contributed by atoms with E-state index >= 15 is 0 Å². The van der Waals surface area contributed by atoms with Gasteiger partial charge in [-0.05, 0) is 25.3 Å². The topological polar surface area (TPSA) is 83.4 Å². The van der Waals surface area contributed by atoms with E-state index in [0.29, 0.717) is 19.5 Å². The van der Waals surface area contributed by atoms with E-state index in [2.05, 4.69) is 16.0 Å². The van der Waals surface area contributed by atoms with Gasteiger partial charge >= 0.3 is 6.03 Å². The lowest BCUT2D eigenvalue weighted by atomic mass is 10.1. The Morgan fingerprint density at radius 1 is 1.50 bits per heavy atom. The first-order valence-corrected chi connectivity index (χ1v) is 6.09. The van der Waals surface area contributed by atoms with Gasteiger partial charge in [-0.3, -0.25) is 4.79 Å². The summed E-state index contributed by atoms with van der Waals surface area (Å²) >= 11 is 0. The number of carbonyl (C=O) groups excluding carboxylic acids is 2. The molecule has 6 nitrogen and oxygen atoms in total. The van der Waals surface area contributed by atoms with E-state index < -0.39 is 6.04 Å². The highest BCUT2D eigenvalue weighted by molar-refractivity contribution is 5.87. The lowest BCUT2D eigenvalue weighted by Crippen LogP contribution is -2.48. The molecule has 3 amide bonds. The molecule has 1 atom stereocenters. The van der Waals surface area contributed by atoms with Gasteiger partial charge in [0.05, 0.1) is 12.5 Å². The second kappa shape index (κ2) is 6.09. The molecule has 0 aliphatic carbocycles. The summed E-state index contributed by atoms with van der Waals surface area (Å²) in [6, 6.07) is 1.01. The van der Waals surface area contributed by atoms with Crippen LogP contribution in [0, 0.1) is 0 Å². The van der Waals surface area contributed by atoms with E-state index in [9.17, 15) is 9.59 Å². The molecular formula is C12H17N3O3. The molecule has 0 unspecified atom stereocenters. The number of furan rings is 1. The summed E-state index contributed by atoms with van der Waals surface area (Å²) in [6.45, 7) is 1.07. The first-order chi connectivity index (χ1) is 8.75. The molecule has 1 fully saturated rings. The number of amides is 3. The van der Waals surface area contributed by atoms with Crippen molar-refractivity contribution in [3.63, 3.8) is 0 Å². The van der Waals surface area contributed by atoms with Crippen LogP contribution in [-0.2, 0) is 11.3 Å². The van der Waals surface area contributed by atoms with Gasteiger partial charge < -0.3 is 20.4 Å². The van der Waals surface area contributed by atoms with Crippen LogP contribution in [0.1, 0.15) is 24.8 Å². The number of hydrogen-bond acceptors (Lipinski definition) is 3. The summed E-state index contributed by atoms with van der Waals surface area (Å²) in [5.41, 5.74) is 0.885. The lowest BCUT2D eigenvalue weighted by Gasteiger charge is -2.15. The Balaban J connectivity index is 1.77. The predicted octanol–water partition coefficient (Wildman–Crippen LogP) is 0.747. The summed E-state index contributed by atoms with van der Waals surface area (Å²) in [4.78, 5) is 23.2. The molecule has 1 aliphatic rings. The minimum Gasteiger partial charge on any atom is -0.472 e. The zero-order valence-corrected chi connectivity index (χ0v) is 10.1. The Bertz CT molecular complexity index is 403. The van der Waals surface area contributed by atoms with Crippen molar-refractivity contribution in [2.75, 3.05) is 6.54 Å². The molecular weight excluding hydrogens is 234 g/mol. The van der Waals surface area contributed by atoms with Crippen LogP contribution in [0.25, 0.3) is 0 Å². The third kappa shape index (κ3) is 3.51. The molecule has 18 heavy (non-hydrogen) atoms. The Kier molecular flexibility index (Phi) is 4.22. The summed E-state index contributed by atoms with van der Waals surface area (Å²) in [6.07, 6.45) is 5.70. The fraction of sp³-hybridized carbons (Fsp3) is 0.500. The van der Waals surface area contributed by atoms with Gasteiger partial charge in [-0.15, -0.1) is 0 Å². The lowest BCUT2D eigenvalue weighted by molar-refractivity contribution is -0.122. The van der Waals surface area contributed by atoms with Crippen molar-refractivity contribution in [3.05, 3.63) is 24.2 Å². The van der Waals surface area contributed by atoms with Crippen LogP contribution < -0.4 is 16.0 Å². The third-order valence-electron chi connectivity index (χ3n) is 2.87. The summed E-state index contributed by atoms with van der Waals surface area (Å²) in [5.74, 6) is -0.106. The van der Waals surface area contributed by atoms with Gasteiger partial charge in [0.25, 0.3) is 0 Å². The van der Waals surface area contributed by atoms with E-state index in [4.69, 9.17) is 4.42 Å². The molecule has 0 aromatic carbocycles. The van der Waals surface area contributed by atoms with E-state index in [-0.39, 0.29) is 11.9 Å². The van der Waals surface area contributed by atoms with Crippen LogP contribution >= 0.6 is 0 Å². The van der Waals surface area contributed by atoms with Crippen LogP contribution in [0.3, 0.4) is 0 Å². The highest BCUT2D eigenvalue weighted by Gasteiger charge is 2.21. The van der Waals surface area contributed by atoms with E-state index in [1.54, 1.807) is 18.6 Å². The average molecular weight is 251 g/mol. The van der Waals surface area contributed by atoms with Crippen molar-refractivity contribution >= 4 is 11.9 Å². The fourth-order valence-corrected chi connectivity index (χ4v) is 1.86. The number of urea groups is 1. The number of carbonyl (C=O) groups is 2. The van der Waals surface area contributed by atoms with Crippen LogP contribution in [0.15, 0.2) is 23.0 Å². The van der Waals surface area contributed by atoms with Crippen molar-refractivity contribution in [1.29, 1.82) is 0 Å². The quantitative estimate of drug-likeness (QED) is 0.741. The Hall–Kier alpha value is -1.98. The Labute approximate surface area is 105 Å². The molecule has 2 heterocycles. The third-order valence-corrected chi connectivity index (χ3v) is 2.87. The van der Waals surface area contributed by atoms with Crippen LogP contribution in [0.4, 0.5) is 4.79 Å². The SMILES string of the molecule is O=C(NCc1ccoc1)N[C@@H]1CCCCNC1=O. The van der Waals surface area contributed by atoms with Crippen molar-refractivity contribution < 1.29 is 14.0 Å². The maximum atomic E-state index is 11.6. The molecule has 0 spiro atoms. The highest BCUT2D eigenvalue weighted by Crippen LogP contribution is 2.05. The molecule has 1 aliphatic heterocycles. The monoisotopic (exact) mass is 251 g/mol. The van der Waals surface area contributed by atoms with Crippen molar-refractivity contribution in [2.45, 2.75) is 31.8 Å². The van der Waals surface area contributed by atoms with E-state index in [1.165, 1.54) is 0 Å². The first kappa shape index (κ1) is 12.5. The largest absolute Gasteiger partial charge is 0.472 e. The van der Waals surface area contributed by atoms with Gasteiger partial charge in [-0.1, -0.05) is 0 Å². The molecule has 98 valence electrons. The van der Waals surface area contributed by atoms with Crippen LogP contribution in [0.5, 0.6) is 0 Å². The molecule has 0 radical (unpaired) electrons. The molecule has 3 N–H and O–H groups in total. The molecule has 1 saturated heterocycles. The minimum absolute atomic E-state index is 0.106. The van der Waals surface area contributed by atoms with Crippen molar-refractivity contribution in [1.82, 2.24) is 16.0 Å². The zero-order chi connectivity index (χ0) is 12.8. The second-order valence-electron chi connectivity index (χ2n) is 4.30. The highest BCUT2D eigenvalue weighted by atomic mass is 16.3. The number of hydrogen-bond donors (Lipinski definition) is 3. The minimum atomic E-state index is -0.433. The molecule has 1 aromatic heterocycles. The number of rotatable bonds is 3. The fourth-order valence-electron chi connectivity index (χ4n) is 1.86. The van der Waals surface area contributed by atoms with Gasteiger partial charge in [0, 0.05) is 18.7 Å². The average Bonchev–Trinajstić information content (AvgIpc) is 2.80. The second-order valence-corrected chi connectivity index (χ2v) is 4.30. The predicted molar refractivity (Wildman–Crippen MR) is 64.7 cm³/mol. The zero-order valence-electron chi connectivity index (χ0n) is 10.1. The van der Waals surface area contributed by atoms with Crippen molar-refractivity contribution in [3.8, 4) is 0 Å². The van der Waals surface area contributed by atoms with E-state index in [1.807, 2.05) is 0 Å². The van der Waals surface area contributed by atoms with E-state index in [0.717, 1.165) is 18.4 Å². The molecule has 0 saturated carbocycles. The first-order valence-electron chi connectivity index (χ1n) is 6.09. The normalized spacial score (nSPS) is 19.8. The Morgan fingerprint density at radius 3 is 3.17 bits per heavy atom. The summed E-state index contributed by atoms with van der Waals surface area (Å²) in [7, 11) is 0. The van der Waals surface area contributed by atoms with Gasteiger partial charge in [-0.2, -0.15) is 0 Å². The standard InChI is InChI=1S/C12H17N3O3/c16-11-10(3-1-2-5-13-11)15-12(17)14-7-9-4-6-18-8-9/h4,6,8,10H,1-3,5,7H2,(H,13,16)(H2,14,15,17)/t10-/m1/s1. The van der Waals surface area contributed by atoms with Gasteiger partial charge in [0.15, 0.2) is 0 Å². The van der Waals surface area contributed by atoms with Crippen molar-refractivity contribution in [2.24, 2.45) is 0 Å². The molecule has 0 bridgehead atoms. The summed E-state index contributed by atoms with van der Waals surface area (Å²) in [5, 5.41) is 8.13. The Morgan fingerprint density at radius 2 is 2.39 bits per heavy atom. The van der Waals surface area contributed by atoms with Gasteiger partial charge in [-0.25, -0.2) is 4.79 Å². The maximum Gasteiger partial charge on any atom is 0.315 e. The van der Waals surface area contributed by atoms with Crippen LogP contribution in [-0.4, -0.2) is 24.5 Å². The molecule has 1 aromatic rings. The maximum absolute atomic E-state index is 11.6.